The van der Waals surface area contributed by atoms with E-state index in [0.29, 0.717) is 0 Å². The zero-order chi connectivity index (χ0) is 17.8. The Balaban J connectivity index is 1.55. The van der Waals surface area contributed by atoms with E-state index in [4.69, 9.17) is 16.3 Å². The molecule has 0 aliphatic carbocycles. The van der Waals surface area contributed by atoms with Crippen molar-refractivity contribution in [2.75, 3.05) is 33.3 Å². The average molecular weight is 359 g/mol. The van der Waals surface area contributed by atoms with Crippen molar-refractivity contribution in [3.63, 3.8) is 0 Å². The molecule has 134 valence electrons. The maximum Gasteiger partial charge on any atom is 0.122 e. The van der Waals surface area contributed by atoms with Crippen LogP contribution in [0.1, 0.15) is 22.3 Å². The lowest BCUT2D eigenvalue weighted by molar-refractivity contribution is 0.122. The van der Waals surface area contributed by atoms with Gasteiger partial charge >= 0.3 is 0 Å². The van der Waals surface area contributed by atoms with Crippen LogP contribution in [-0.4, -0.2) is 43.1 Å². The average Bonchev–Trinajstić information content (AvgIpc) is 2.59. The zero-order valence-corrected chi connectivity index (χ0v) is 16.1. The summed E-state index contributed by atoms with van der Waals surface area (Å²) in [5.74, 6) is 0.979. The van der Waals surface area contributed by atoms with Gasteiger partial charge in [0, 0.05) is 44.3 Å². The number of ether oxygens (including phenoxy) is 1. The molecular weight excluding hydrogens is 332 g/mol. The molecule has 1 fully saturated rings. The van der Waals surface area contributed by atoms with Gasteiger partial charge in [-0.3, -0.25) is 9.80 Å². The van der Waals surface area contributed by atoms with E-state index in [9.17, 15) is 0 Å². The molecule has 4 heteroatoms. The van der Waals surface area contributed by atoms with Gasteiger partial charge in [0.2, 0.25) is 0 Å². The summed E-state index contributed by atoms with van der Waals surface area (Å²) in [6, 6.07) is 12.6. The molecule has 0 spiro atoms. The Hall–Kier alpha value is -1.55. The van der Waals surface area contributed by atoms with Crippen LogP contribution in [0.2, 0.25) is 5.02 Å². The number of piperazine rings is 1. The van der Waals surface area contributed by atoms with Crippen LogP contribution in [0.4, 0.5) is 0 Å². The molecule has 0 radical (unpaired) electrons. The Bertz CT molecular complexity index is 724. The molecule has 0 bridgehead atoms. The van der Waals surface area contributed by atoms with Gasteiger partial charge in [-0.25, -0.2) is 0 Å². The third kappa shape index (κ3) is 4.75. The number of methoxy groups -OCH3 is 1. The fourth-order valence-electron chi connectivity index (χ4n) is 3.48. The topological polar surface area (TPSA) is 15.7 Å². The van der Waals surface area contributed by atoms with Gasteiger partial charge in [-0.1, -0.05) is 29.8 Å². The molecule has 1 aliphatic rings. The monoisotopic (exact) mass is 358 g/mol. The molecule has 0 saturated carbocycles. The summed E-state index contributed by atoms with van der Waals surface area (Å²) in [4.78, 5) is 5.05. The Morgan fingerprint density at radius 1 is 0.920 bits per heavy atom. The van der Waals surface area contributed by atoms with E-state index in [1.54, 1.807) is 7.11 Å². The molecule has 0 unspecified atom stereocenters. The molecule has 0 aromatic heterocycles. The minimum Gasteiger partial charge on any atom is -0.496 e. The number of aryl methyl sites for hydroxylation is 2. The van der Waals surface area contributed by atoms with Crippen LogP contribution < -0.4 is 4.74 Å². The van der Waals surface area contributed by atoms with Crippen LogP contribution in [0.5, 0.6) is 5.75 Å². The molecule has 3 nitrogen and oxygen atoms in total. The highest BCUT2D eigenvalue weighted by Crippen LogP contribution is 2.24. The minimum atomic E-state index is 0.821. The first-order valence-corrected chi connectivity index (χ1v) is 9.26. The van der Waals surface area contributed by atoms with E-state index in [2.05, 4.69) is 47.9 Å². The molecular formula is C21H27ClN2O. The smallest absolute Gasteiger partial charge is 0.122 e. The Morgan fingerprint density at radius 3 is 2.24 bits per heavy atom. The summed E-state index contributed by atoms with van der Waals surface area (Å²) in [6.45, 7) is 10.7. The van der Waals surface area contributed by atoms with Crippen LogP contribution in [-0.2, 0) is 13.1 Å². The Kier molecular flexibility index (Phi) is 6.00. The normalized spacial score (nSPS) is 16.2. The SMILES string of the molecule is COc1cc(C)c(CN2CCN(Cc3cccc(Cl)c3)CC2)cc1C. The molecule has 2 aromatic rings. The van der Waals surface area contributed by atoms with E-state index < -0.39 is 0 Å². The van der Waals surface area contributed by atoms with Gasteiger partial charge in [0.1, 0.15) is 5.75 Å². The van der Waals surface area contributed by atoms with Crippen LogP contribution in [0.3, 0.4) is 0 Å². The second-order valence-electron chi connectivity index (χ2n) is 6.93. The van der Waals surface area contributed by atoms with E-state index in [0.717, 1.165) is 50.0 Å². The minimum absolute atomic E-state index is 0.821. The lowest BCUT2D eigenvalue weighted by atomic mass is 10.0. The van der Waals surface area contributed by atoms with Crippen molar-refractivity contribution in [1.82, 2.24) is 9.80 Å². The molecule has 25 heavy (non-hydrogen) atoms. The molecule has 0 amide bonds. The van der Waals surface area contributed by atoms with Gasteiger partial charge in [-0.2, -0.15) is 0 Å². The van der Waals surface area contributed by atoms with E-state index in [1.165, 1.54) is 22.3 Å². The number of rotatable bonds is 5. The molecule has 0 atom stereocenters. The number of halogens is 1. The van der Waals surface area contributed by atoms with Crippen molar-refractivity contribution >= 4 is 11.6 Å². The fourth-order valence-corrected chi connectivity index (χ4v) is 3.69. The third-order valence-electron chi connectivity index (χ3n) is 5.01. The number of hydrogen-bond acceptors (Lipinski definition) is 3. The van der Waals surface area contributed by atoms with E-state index in [1.807, 2.05) is 12.1 Å². The lowest BCUT2D eigenvalue weighted by Gasteiger charge is -2.35. The number of nitrogens with zero attached hydrogens (tertiary/aromatic N) is 2. The quantitative estimate of drug-likeness (QED) is 0.793. The third-order valence-corrected chi connectivity index (χ3v) is 5.24. The highest BCUT2D eigenvalue weighted by Gasteiger charge is 2.18. The van der Waals surface area contributed by atoms with Crippen molar-refractivity contribution in [2.45, 2.75) is 26.9 Å². The Labute approximate surface area is 156 Å². The van der Waals surface area contributed by atoms with E-state index in [-0.39, 0.29) is 0 Å². The van der Waals surface area contributed by atoms with Crippen molar-refractivity contribution in [1.29, 1.82) is 0 Å². The predicted octanol–water partition coefficient (Wildman–Crippen LogP) is 4.28. The van der Waals surface area contributed by atoms with Gasteiger partial charge in [0.25, 0.3) is 0 Å². The second kappa shape index (κ2) is 8.22. The second-order valence-corrected chi connectivity index (χ2v) is 7.37. The molecule has 1 heterocycles. The Morgan fingerprint density at radius 2 is 1.60 bits per heavy atom. The standard InChI is InChI=1S/C21H27ClN2O/c1-16-12-21(25-3)17(2)11-19(16)15-24-9-7-23(8-10-24)14-18-5-4-6-20(22)13-18/h4-6,11-13H,7-10,14-15H2,1-3H3. The first kappa shape index (κ1) is 18.2. The van der Waals surface area contributed by atoms with Gasteiger partial charge in [-0.15, -0.1) is 0 Å². The van der Waals surface area contributed by atoms with Crippen molar-refractivity contribution in [3.05, 3.63) is 63.7 Å². The van der Waals surface area contributed by atoms with Crippen molar-refractivity contribution < 1.29 is 4.74 Å². The molecule has 0 N–H and O–H groups in total. The zero-order valence-electron chi connectivity index (χ0n) is 15.4. The highest BCUT2D eigenvalue weighted by atomic mass is 35.5. The van der Waals surface area contributed by atoms with Crippen LogP contribution >= 0.6 is 11.6 Å². The summed E-state index contributed by atoms with van der Waals surface area (Å²) >= 11 is 6.09. The molecule has 2 aromatic carbocycles. The van der Waals surface area contributed by atoms with Crippen molar-refractivity contribution in [2.24, 2.45) is 0 Å². The van der Waals surface area contributed by atoms with Crippen LogP contribution in [0, 0.1) is 13.8 Å². The van der Waals surface area contributed by atoms with Gasteiger partial charge < -0.3 is 4.74 Å². The number of benzene rings is 2. The number of hydrogen-bond donors (Lipinski definition) is 0. The maximum absolute atomic E-state index is 6.09. The van der Waals surface area contributed by atoms with E-state index >= 15 is 0 Å². The largest absolute Gasteiger partial charge is 0.496 e. The fraction of sp³-hybridized carbons (Fsp3) is 0.429. The maximum atomic E-state index is 6.09. The van der Waals surface area contributed by atoms with Gasteiger partial charge in [0.05, 0.1) is 7.11 Å². The van der Waals surface area contributed by atoms with Crippen LogP contribution in [0.25, 0.3) is 0 Å². The summed E-state index contributed by atoms with van der Waals surface area (Å²) in [6.07, 6.45) is 0. The van der Waals surface area contributed by atoms with Crippen LogP contribution in [0.15, 0.2) is 36.4 Å². The molecule has 1 saturated heterocycles. The van der Waals surface area contributed by atoms with Crippen molar-refractivity contribution in [3.8, 4) is 5.75 Å². The summed E-state index contributed by atoms with van der Waals surface area (Å²) in [5, 5.41) is 0.821. The van der Waals surface area contributed by atoms with Gasteiger partial charge in [0.15, 0.2) is 0 Å². The first-order valence-electron chi connectivity index (χ1n) is 8.88. The summed E-state index contributed by atoms with van der Waals surface area (Å²) in [7, 11) is 1.74. The highest BCUT2D eigenvalue weighted by molar-refractivity contribution is 6.30. The van der Waals surface area contributed by atoms with Gasteiger partial charge in [-0.05, 0) is 54.3 Å². The first-order chi connectivity index (χ1) is 12.0. The summed E-state index contributed by atoms with van der Waals surface area (Å²) in [5.41, 5.74) is 5.22. The molecule has 1 aliphatic heterocycles. The lowest BCUT2D eigenvalue weighted by Crippen LogP contribution is -2.45. The molecule has 3 rings (SSSR count). The predicted molar refractivity (Wildman–Crippen MR) is 104 cm³/mol. The summed E-state index contributed by atoms with van der Waals surface area (Å²) < 4.78 is 5.42.